The highest BCUT2D eigenvalue weighted by molar-refractivity contribution is 5.84. The number of hydrogen-bond donors (Lipinski definition) is 0. The first kappa shape index (κ1) is 10.8. The van der Waals surface area contributed by atoms with E-state index in [9.17, 15) is 4.79 Å². The second-order valence-electron chi connectivity index (χ2n) is 6.46. The van der Waals surface area contributed by atoms with Gasteiger partial charge in [-0.3, -0.25) is 4.79 Å². The summed E-state index contributed by atoms with van der Waals surface area (Å²) in [6.07, 6.45) is 10.3. The van der Waals surface area contributed by atoms with Crippen molar-refractivity contribution >= 4 is 5.78 Å². The van der Waals surface area contributed by atoms with Gasteiger partial charge in [0.05, 0.1) is 0 Å². The van der Waals surface area contributed by atoms with Crippen molar-refractivity contribution in [1.29, 1.82) is 0 Å². The van der Waals surface area contributed by atoms with Gasteiger partial charge in [-0.1, -0.05) is 26.2 Å². The summed E-state index contributed by atoms with van der Waals surface area (Å²) < 4.78 is 0. The SMILES string of the molecule is CCC1CCCC(C(=O)C2CC3CC3C2)C1. The molecule has 90 valence electrons. The van der Waals surface area contributed by atoms with Crippen LogP contribution >= 0.6 is 0 Å². The standard InChI is InChI=1S/C15H24O/c1-2-10-4-3-5-11(6-10)15(16)14-8-12-7-13(12)9-14/h10-14H,2-9H2,1H3. The minimum absolute atomic E-state index is 0.446. The first-order chi connectivity index (χ1) is 7.78. The van der Waals surface area contributed by atoms with Crippen molar-refractivity contribution in [3.8, 4) is 0 Å². The predicted molar refractivity (Wildman–Crippen MR) is 65.1 cm³/mol. The van der Waals surface area contributed by atoms with Gasteiger partial charge in [-0.15, -0.1) is 0 Å². The summed E-state index contributed by atoms with van der Waals surface area (Å²) in [4.78, 5) is 12.4. The third-order valence-corrected chi connectivity index (χ3v) is 5.41. The van der Waals surface area contributed by atoms with Gasteiger partial charge < -0.3 is 0 Å². The Labute approximate surface area is 99.0 Å². The van der Waals surface area contributed by atoms with E-state index in [1.807, 2.05) is 0 Å². The molecular formula is C15H24O. The lowest BCUT2D eigenvalue weighted by Gasteiger charge is -2.29. The molecule has 4 atom stereocenters. The molecule has 0 saturated heterocycles. The minimum Gasteiger partial charge on any atom is -0.299 e. The van der Waals surface area contributed by atoms with E-state index in [4.69, 9.17) is 0 Å². The van der Waals surface area contributed by atoms with Crippen LogP contribution in [0.3, 0.4) is 0 Å². The Balaban J connectivity index is 1.57. The summed E-state index contributed by atoms with van der Waals surface area (Å²) in [5.74, 6) is 4.34. The summed E-state index contributed by atoms with van der Waals surface area (Å²) in [6, 6.07) is 0. The molecule has 16 heavy (non-hydrogen) atoms. The fraction of sp³-hybridized carbons (Fsp3) is 0.933. The van der Waals surface area contributed by atoms with Crippen LogP contribution in [0, 0.1) is 29.6 Å². The highest BCUT2D eigenvalue weighted by atomic mass is 16.1. The van der Waals surface area contributed by atoms with Crippen molar-refractivity contribution in [2.24, 2.45) is 29.6 Å². The Morgan fingerprint density at radius 3 is 2.44 bits per heavy atom. The third kappa shape index (κ3) is 1.94. The Morgan fingerprint density at radius 1 is 1.00 bits per heavy atom. The second kappa shape index (κ2) is 4.16. The molecule has 0 bridgehead atoms. The monoisotopic (exact) mass is 220 g/mol. The van der Waals surface area contributed by atoms with Crippen molar-refractivity contribution in [3.63, 3.8) is 0 Å². The van der Waals surface area contributed by atoms with Crippen LogP contribution in [0.15, 0.2) is 0 Å². The first-order valence-electron chi connectivity index (χ1n) is 7.31. The molecule has 0 aliphatic heterocycles. The molecule has 3 saturated carbocycles. The van der Waals surface area contributed by atoms with E-state index in [1.54, 1.807) is 0 Å². The van der Waals surface area contributed by atoms with Crippen LogP contribution in [-0.4, -0.2) is 5.78 Å². The van der Waals surface area contributed by atoms with Crippen LogP contribution < -0.4 is 0 Å². The normalized spacial score (nSPS) is 46.4. The maximum Gasteiger partial charge on any atom is 0.139 e. The van der Waals surface area contributed by atoms with Crippen molar-refractivity contribution in [2.45, 2.75) is 58.3 Å². The Bertz CT molecular complexity index is 273. The van der Waals surface area contributed by atoms with E-state index < -0.39 is 0 Å². The molecular weight excluding hydrogens is 196 g/mol. The summed E-state index contributed by atoms with van der Waals surface area (Å²) in [7, 11) is 0. The molecule has 4 unspecified atom stereocenters. The minimum atomic E-state index is 0.446. The Kier molecular flexibility index (Phi) is 2.81. The Hall–Kier alpha value is -0.330. The van der Waals surface area contributed by atoms with Crippen molar-refractivity contribution in [1.82, 2.24) is 0 Å². The molecule has 0 radical (unpaired) electrons. The van der Waals surface area contributed by atoms with Gasteiger partial charge in [0.1, 0.15) is 5.78 Å². The molecule has 3 aliphatic rings. The molecule has 1 heteroatoms. The fourth-order valence-electron chi connectivity index (χ4n) is 4.20. The number of carbonyl (C=O) groups excluding carboxylic acids is 1. The van der Waals surface area contributed by atoms with Gasteiger partial charge in [0.25, 0.3) is 0 Å². The zero-order chi connectivity index (χ0) is 11.1. The van der Waals surface area contributed by atoms with Crippen molar-refractivity contribution in [3.05, 3.63) is 0 Å². The number of ketones is 1. The Morgan fingerprint density at radius 2 is 1.75 bits per heavy atom. The molecule has 3 aliphatic carbocycles. The molecule has 3 fully saturated rings. The maximum atomic E-state index is 12.4. The summed E-state index contributed by atoms with van der Waals surface area (Å²) >= 11 is 0. The van der Waals surface area contributed by atoms with Crippen LogP contribution in [0.4, 0.5) is 0 Å². The smallest absolute Gasteiger partial charge is 0.139 e. The molecule has 0 spiro atoms. The molecule has 1 nitrogen and oxygen atoms in total. The quantitative estimate of drug-likeness (QED) is 0.706. The van der Waals surface area contributed by atoms with Crippen LogP contribution in [0.1, 0.15) is 58.3 Å². The van der Waals surface area contributed by atoms with E-state index in [2.05, 4.69) is 6.92 Å². The van der Waals surface area contributed by atoms with Crippen LogP contribution in [-0.2, 0) is 4.79 Å². The third-order valence-electron chi connectivity index (χ3n) is 5.41. The van der Waals surface area contributed by atoms with Gasteiger partial charge >= 0.3 is 0 Å². The topological polar surface area (TPSA) is 17.1 Å². The predicted octanol–water partition coefficient (Wildman–Crippen LogP) is 3.82. The number of carbonyl (C=O) groups is 1. The van der Waals surface area contributed by atoms with Gasteiger partial charge in [0.15, 0.2) is 0 Å². The number of hydrogen-bond acceptors (Lipinski definition) is 1. The van der Waals surface area contributed by atoms with E-state index in [0.29, 0.717) is 17.6 Å². The van der Waals surface area contributed by atoms with E-state index in [-0.39, 0.29) is 0 Å². The summed E-state index contributed by atoms with van der Waals surface area (Å²) in [5.41, 5.74) is 0. The van der Waals surface area contributed by atoms with Gasteiger partial charge in [0.2, 0.25) is 0 Å². The lowest BCUT2D eigenvalue weighted by molar-refractivity contribution is -0.128. The van der Waals surface area contributed by atoms with Gasteiger partial charge in [0, 0.05) is 11.8 Å². The van der Waals surface area contributed by atoms with Crippen LogP contribution in [0.2, 0.25) is 0 Å². The highest BCUT2D eigenvalue weighted by Gasteiger charge is 2.48. The second-order valence-corrected chi connectivity index (χ2v) is 6.46. The average Bonchev–Trinajstić information content (AvgIpc) is 2.95. The lowest BCUT2D eigenvalue weighted by atomic mass is 9.75. The summed E-state index contributed by atoms with van der Waals surface area (Å²) in [6.45, 7) is 2.28. The number of rotatable bonds is 3. The van der Waals surface area contributed by atoms with E-state index >= 15 is 0 Å². The molecule has 0 aromatic rings. The number of Topliss-reactive ketones (excluding diaryl/α,β-unsaturated/α-hetero) is 1. The molecule has 0 aromatic heterocycles. The summed E-state index contributed by atoms with van der Waals surface area (Å²) in [5, 5.41) is 0. The van der Waals surface area contributed by atoms with Crippen LogP contribution in [0.25, 0.3) is 0 Å². The highest BCUT2D eigenvalue weighted by Crippen LogP contribution is 2.55. The van der Waals surface area contributed by atoms with E-state index in [0.717, 1.165) is 17.8 Å². The van der Waals surface area contributed by atoms with E-state index in [1.165, 1.54) is 51.4 Å². The number of fused-ring (bicyclic) bond motifs is 1. The lowest BCUT2D eigenvalue weighted by Crippen LogP contribution is -2.27. The van der Waals surface area contributed by atoms with Gasteiger partial charge in [-0.25, -0.2) is 0 Å². The maximum absolute atomic E-state index is 12.4. The van der Waals surface area contributed by atoms with Crippen LogP contribution in [0.5, 0.6) is 0 Å². The van der Waals surface area contributed by atoms with Crippen molar-refractivity contribution < 1.29 is 4.79 Å². The van der Waals surface area contributed by atoms with Gasteiger partial charge in [-0.2, -0.15) is 0 Å². The molecule has 0 amide bonds. The zero-order valence-electron chi connectivity index (χ0n) is 10.5. The fourth-order valence-corrected chi connectivity index (χ4v) is 4.20. The molecule has 0 heterocycles. The molecule has 0 aromatic carbocycles. The average molecular weight is 220 g/mol. The molecule has 3 rings (SSSR count). The zero-order valence-corrected chi connectivity index (χ0v) is 10.5. The van der Waals surface area contributed by atoms with Gasteiger partial charge in [-0.05, 0) is 49.9 Å². The largest absolute Gasteiger partial charge is 0.299 e. The molecule has 0 N–H and O–H groups in total. The first-order valence-corrected chi connectivity index (χ1v) is 7.31. The van der Waals surface area contributed by atoms with Crippen molar-refractivity contribution in [2.75, 3.05) is 0 Å².